The number of rotatable bonds is 13. The lowest BCUT2D eigenvalue weighted by Crippen LogP contribution is -2.43. The van der Waals surface area contributed by atoms with Gasteiger partial charge in [-0.1, -0.05) is 54.6 Å². The van der Waals surface area contributed by atoms with Crippen molar-refractivity contribution >= 4 is 29.8 Å². The standard InChI is InChI=1S/C35H43N5O6/c41-23-38-31-21-25(11-13-32(31)42)33(43)22-37-27-12-10-26(20-27)34(44)36-16-19-40-17-14-28(15-18-40)46-35(45)39-30-9-5-4-8-29(30)24-6-2-1-3-7-24/h1-9,11,13,21,23,26-28,33,37,42-43H,10,12,14-20,22H2,(H,36,44)(H,38,41)(H,39,45)/t26-,27+,33?/m1/s1. The molecule has 2 aliphatic rings. The van der Waals surface area contributed by atoms with E-state index >= 15 is 0 Å². The Labute approximate surface area is 269 Å². The quantitative estimate of drug-likeness (QED) is 0.121. The van der Waals surface area contributed by atoms with Crippen LogP contribution in [0.25, 0.3) is 11.1 Å². The summed E-state index contributed by atoms with van der Waals surface area (Å²) in [5.41, 5.74) is 3.49. The molecule has 1 saturated carbocycles. The minimum Gasteiger partial charge on any atom is -0.506 e. The summed E-state index contributed by atoms with van der Waals surface area (Å²) in [7, 11) is 0. The topological polar surface area (TPSA) is 152 Å². The Morgan fingerprint density at radius 2 is 1.72 bits per heavy atom. The lowest BCUT2D eigenvalue weighted by atomic mass is 10.0. The Kier molecular flexibility index (Phi) is 11.6. The van der Waals surface area contributed by atoms with Crippen LogP contribution in [0.5, 0.6) is 5.75 Å². The molecule has 11 heteroatoms. The fraction of sp³-hybridized carbons (Fsp3) is 0.400. The molecule has 3 atom stereocenters. The molecule has 6 N–H and O–H groups in total. The van der Waals surface area contributed by atoms with Crippen molar-refractivity contribution in [2.45, 2.75) is 50.4 Å². The van der Waals surface area contributed by atoms with Gasteiger partial charge in [0.15, 0.2) is 0 Å². The molecule has 1 aliphatic carbocycles. The average molecular weight is 630 g/mol. The zero-order valence-corrected chi connectivity index (χ0v) is 25.9. The summed E-state index contributed by atoms with van der Waals surface area (Å²) >= 11 is 0. The Morgan fingerprint density at radius 1 is 0.957 bits per heavy atom. The van der Waals surface area contributed by atoms with Crippen LogP contribution in [0.15, 0.2) is 72.8 Å². The lowest BCUT2D eigenvalue weighted by molar-refractivity contribution is -0.124. The number of ether oxygens (including phenoxy) is 1. The third-order valence-corrected chi connectivity index (χ3v) is 8.81. The molecule has 0 aromatic heterocycles. The number of phenolic OH excluding ortho intramolecular Hbond substituents is 1. The maximum absolute atomic E-state index is 12.8. The highest BCUT2D eigenvalue weighted by molar-refractivity contribution is 5.91. The minimum atomic E-state index is -0.819. The van der Waals surface area contributed by atoms with Gasteiger partial charge in [0, 0.05) is 50.2 Å². The molecule has 244 valence electrons. The molecule has 1 aliphatic heterocycles. The first-order valence-corrected chi connectivity index (χ1v) is 16.0. The maximum atomic E-state index is 12.8. The van der Waals surface area contributed by atoms with Crippen molar-refractivity contribution in [3.8, 4) is 16.9 Å². The van der Waals surface area contributed by atoms with Crippen LogP contribution >= 0.6 is 0 Å². The monoisotopic (exact) mass is 629 g/mol. The predicted octanol–water partition coefficient (Wildman–Crippen LogP) is 4.25. The van der Waals surface area contributed by atoms with Crippen LogP contribution in [-0.4, -0.2) is 78.4 Å². The summed E-state index contributed by atoms with van der Waals surface area (Å²) in [4.78, 5) is 38.5. The van der Waals surface area contributed by atoms with Gasteiger partial charge in [-0.05, 0) is 61.4 Å². The SMILES string of the molecule is O=CNc1cc(C(O)CN[C@H]2CC[C@@H](C(=O)NCCN3CCC(OC(=O)Nc4ccccc4-c4ccccc4)CC3)C2)ccc1O. The second-order valence-electron chi connectivity index (χ2n) is 11.9. The van der Waals surface area contributed by atoms with Gasteiger partial charge in [-0.25, -0.2) is 4.79 Å². The van der Waals surface area contributed by atoms with E-state index in [0.29, 0.717) is 37.2 Å². The molecule has 0 radical (unpaired) electrons. The Morgan fingerprint density at radius 3 is 2.50 bits per heavy atom. The fourth-order valence-electron chi connectivity index (χ4n) is 6.23. The van der Waals surface area contributed by atoms with Gasteiger partial charge in [0.25, 0.3) is 0 Å². The lowest BCUT2D eigenvalue weighted by Gasteiger charge is -2.31. The van der Waals surface area contributed by atoms with Gasteiger partial charge in [0.1, 0.15) is 11.9 Å². The zero-order valence-electron chi connectivity index (χ0n) is 25.9. The molecule has 3 aromatic rings. The van der Waals surface area contributed by atoms with Crippen molar-refractivity contribution in [3.63, 3.8) is 0 Å². The number of para-hydroxylation sites is 1. The molecular formula is C35H43N5O6. The summed E-state index contributed by atoms with van der Waals surface area (Å²) in [5, 5.41) is 32.1. The van der Waals surface area contributed by atoms with E-state index in [1.54, 1.807) is 12.1 Å². The number of amides is 3. The Bertz CT molecular complexity index is 1460. The summed E-state index contributed by atoms with van der Waals surface area (Å²) in [5.74, 6) is -0.0873. The van der Waals surface area contributed by atoms with Crippen LogP contribution in [0.1, 0.15) is 43.8 Å². The number of nitrogens with one attached hydrogen (secondary N) is 4. The molecule has 3 amide bonds. The number of benzene rings is 3. The second-order valence-corrected chi connectivity index (χ2v) is 11.9. The molecule has 0 spiro atoms. The van der Waals surface area contributed by atoms with Crippen molar-refractivity contribution in [1.82, 2.24) is 15.5 Å². The molecule has 46 heavy (non-hydrogen) atoms. The number of phenols is 1. The number of piperidine rings is 1. The number of anilines is 2. The van der Waals surface area contributed by atoms with E-state index in [0.717, 1.165) is 56.4 Å². The fourth-order valence-corrected chi connectivity index (χ4v) is 6.23. The zero-order chi connectivity index (χ0) is 32.3. The second kappa shape index (κ2) is 16.2. The van der Waals surface area contributed by atoms with Gasteiger partial charge in [-0.2, -0.15) is 0 Å². The molecule has 2 fully saturated rings. The highest BCUT2D eigenvalue weighted by Gasteiger charge is 2.30. The van der Waals surface area contributed by atoms with Gasteiger partial charge in [-0.15, -0.1) is 0 Å². The number of nitrogens with zero attached hydrogens (tertiary/aromatic N) is 1. The predicted molar refractivity (Wildman–Crippen MR) is 176 cm³/mol. The minimum absolute atomic E-state index is 0.0543. The van der Waals surface area contributed by atoms with Gasteiger partial charge in [0.05, 0.1) is 17.5 Å². The van der Waals surface area contributed by atoms with Crippen LogP contribution in [-0.2, 0) is 14.3 Å². The van der Waals surface area contributed by atoms with E-state index in [2.05, 4.69) is 26.2 Å². The molecule has 1 heterocycles. The van der Waals surface area contributed by atoms with E-state index in [9.17, 15) is 24.6 Å². The number of hydrogen-bond donors (Lipinski definition) is 6. The molecule has 5 rings (SSSR count). The van der Waals surface area contributed by atoms with Crippen molar-refractivity contribution in [2.75, 3.05) is 43.4 Å². The average Bonchev–Trinajstić information content (AvgIpc) is 3.55. The summed E-state index contributed by atoms with van der Waals surface area (Å²) in [6.45, 7) is 3.18. The highest BCUT2D eigenvalue weighted by atomic mass is 16.6. The van der Waals surface area contributed by atoms with Crippen molar-refractivity contribution in [3.05, 3.63) is 78.4 Å². The third-order valence-electron chi connectivity index (χ3n) is 8.81. The summed E-state index contributed by atoms with van der Waals surface area (Å²) in [6.07, 6.45) is 2.86. The van der Waals surface area contributed by atoms with E-state index in [1.807, 2.05) is 54.6 Å². The first kappa shape index (κ1) is 32.9. The van der Waals surface area contributed by atoms with Crippen molar-refractivity contribution in [1.29, 1.82) is 0 Å². The van der Waals surface area contributed by atoms with Crippen molar-refractivity contribution < 1.29 is 29.3 Å². The van der Waals surface area contributed by atoms with Crippen LogP contribution in [0.3, 0.4) is 0 Å². The van der Waals surface area contributed by atoms with Gasteiger partial charge >= 0.3 is 6.09 Å². The van der Waals surface area contributed by atoms with Gasteiger partial charge in [0.2, 0.25) is 12.3 Å². The number of hydrogen-bond acceptors (Lipinski definition) is 8. The summed E-state index contributed by atoms with van der Waals surface area (Å²) < 4.78 is 5.74. The number of aliphatic hydroxyl groups excluding tert-OH is 1. The van der Waals surface area contributed by atoms with Crippen molar-refractivity contribution in [2.24, 2.45) is 5.92 Å². The Balaban J connectivity index is 0.964. The van der Waals surface area contributed by atoms with E-state index in [-0.39, 0.29) is 35.4 Å². The van der Waals surface area contributed by atoms with E-state index < -0.39 is 12.2 Å². The summed E-state index contributed by atoms with van der Waals surface area (Å²) in [6, 6.07) is 22.3. The largest absolute Gasteiger partial charge is 0.506 e. The molecule has 11 nitrogen and oxygen atoms in total. The van der Waals surface area contributed by atoms with Gasteiger partial charge < -0.3 is 35.8 Å². The van der Waals surface area contributed by atoms with Crippen LogP contribution in [0, 0.1) is 5.92 Å². The number of carbonyl (C=O) groups is 3. The first-order valence-electron chi connectivity index (χ1n) is 16.0. The smallest absolute Gasteiger partial charge is 0.411 e. The van der Waals surface area contributed by atoms with Gasteiger partial charge in [-0.3, -0.25) is 14.9 Å². The highest BCUT2D eigenvalue weighted by Crippen LogP contribution is 2.30. The third kappa shape index (κ3) is 9.06. The van der Waals surface area contributed by atoms with E-state index in [1.165, 1.54) is 6.07 Å². The molecule has 1 saturated heterocycles. The van der Waals surface area contributed by atoms with Crippen LogP contribution in [0.4, 0.5) is 16.2 Å². The van der Waals surface area contributed by atoms with Crippen LogP contribution < -0.4 is 21.3 Å². The maximum Gasteiger partial charge on any atom is 0.411 e. The van der Waals surface area contributed by atoms with Crippen LogP contribution in [0.2, 0.25) is 0 Å². The molecule has 3 aromatic carbocycles. The number of carbonyl (C=O) groups excluding carboxylic acids is 3. The molecule has 0 bridgehead atoms. The first-order chi connectivity index (χ1) is 22.4. The molecule has 1 unspecified atom stereocenters. The number of likely N-dealkylation sites (tertiary alicyclic amines) is 1. The Hall–Kier alpha value is -4.45. The normalized spacial score (nSPS) is 19.2. The number of aliphatic hydroxyl groups is 1. The van der Waals surface area contributed by atoms with E-state index in [4.69, 9.17) is 4.74 Å². The number of aromatic hydroxyl groups is 1. The molecular weight excluding hydrogens is 586 g/mol.